The molecule has 1 aromatic heterocycles. The average molecular weight is 224 g/mol. The number of hydrogen-bond donors (Lipinski definition) is 0. The Morgan fingerprint density at radius 3 is 2.33 bits per heavy atom. The Morgan fingerprint density at radius 2 is 1.73 bits per heavy atom. The zero-order valence-corrected chi connectivity index (χ0v) is 10.5. The first-order valence-electron chi connectivity index (χ1n) is 5.71. The standard InChI is InChI=1S/C12H20N2S/c1-3-4-5-6-7-8-11-9-13-12(15-2)14-10-11/h9-10H,3-8H2,1-2H3. The lowest BCUT2D eigenvalue weighted by atomic mass is 10.1. The highest BCUT2D eigenvalue weighted by Gasteiger charge is 1.96. The summed E-state index contributed by atoms with van der Waals surface area (Å²) in [7, 11) is 0. The minimum atomic E-state index is 0.865. The van der Waals surface area contributed by atoms with Crippen molar-refractivity contribution in [2.24, 2.45) is 0 Å². The van der Waals surface area contributed by atoms with Gasteiger partial charge in [0.1, 0.15) is 0 Å². The van der Waals surface area contributed by atoms with E-state index >= 15 is 0 Å². The van der Waals surface area contributed by atoms with Crippen molar-refractivity contribution in [2.45, 2.75) is 50.6 Å². The summed E-state index contributed by atoms with van der Waals surface area (Å²) in [6.07, 6.45) is 13.7. The zero-order chi connectivity index (χ0) is 10.9. The van der Waals surface area contributed by atoms with Crippen LogP contribution in [0.25, 0.3) is 0 Å². The molecule has 3 heteroatoms. The van der Waals surface area contributed by atoms with Crippen LogP contribution in [0, 0.1) is 0 Å². The minimum absolute atomic E-state index is 0.865. The van der Waals surface area contributed by atoms with E-state index in [-0.39, 0.29) is 0 Å². The molecule has 1 rings (SSSR count). The minimum Gasteiger partial charge on any atom is -0.231 e. The van der Waals surface area contributed by atoms with Crippen molar-refractivity contribution in [3.63, 3.8) is 0 Å². The lowest BCUT2D eigenvalue weighted by Crippen LogP contribution is -1.91. The molecule has 0 fully saturated rings. The number of nitrogens with zero attached hydrogens (tertiary/aromatic N) is 2. The van der Waals surface area contributed by atoms with Gasteiger partial charge in [-0.25, -0.2) is 9.97 Å². The SMILES string of the molecule is CCCCCCCc1cnc(SC)nc1. The lowest BCUT2D eigenvalue weighted by molar-refractivity contribution is 0.630. The van der Waals surface area contributed by atoms with Gasteiger partial charge >= 0.3 is 0 Å². The molecule has 0 unspecified atom stereocenters. The molecule has 0 atom stereocenters. The molecule has 15 heavy (non-hydrogen) atoms. The number of aromatic nitrogens is 2. The maximum absolute atomic E-state index is 4.26. The Labute approximate surface area is 96.9 Å². The molecule has 0 radical (unpaired) electrons. The number of hydrogen-bond acceptors (Lipinski definition) is 3. The van der Waals surface area contributed by atoms with E-state index in [0.29, 0.717) is 0 Å². The van der Waals surface area contributed by atoms with Crippen LogP contribution in [0.4, 0.5) is 0 Å². The molecule has 0 aliphatic rings. The van der Waals surface area contributed by atoms with Gasteiger partial charge in [0, 0.05) is 12.4 Å². The fourth-order valence-electron chi connectivity index (χ4n) is 1.51. The van der Waals surface area contributed by atoms with E-state index in [1.165, 1.54) is 37.7 Å². The molecule has 2 nitrogen and oxygen atoms in total. The van der Waals surface area contributed by atoms with Crippen molar-refractivity contribution in [2.75, 3.05) is 6.26 Å². The van der Waals surface area contributed by atoms with E-state index < -0.39 is 0 Å². The topological polar surface area (TPSA) is 25.8 Å². The Balaban J connectivity index is 2.20. The third-order valence-corrected chi connectivity index (χ3v) is 3.01. The molecule has 1 aromatic rings. The molecular weight excluding hydrogens is 204 g/mol. The van der Waals surface area contributed by atoms with Crippen LogP contribution < -0.4 is 0 Å². The van der Waals surface area contributed by atoms with E-state index in [1.54, 1.807) is 11.8 Å². The van der Waals surface area contributed by atoms with Crippen molar-refractivity contribution in [3.05, 3.63) is 18.0 Å². The van der Waals surface area contributed by atoms with Crippen LogP contribution in [0.3, 0.4) is 0 Å². The number of rotatable bonds is 7. The molecule has 84 valence electrons. The van der Waals surface area contributed by atoms with Crippen LogP contribution >= 0.6 is 11.8 Å². The van der Waals surface area contributed by atoms with Gasteiger partial charge in [-0.1, -0.05) is 44.4 Å². The summed E-state index contributed by atoms with van der Waals surface area (Å²) in [6.45, 7) is 2.25. The number of aryl methyl sites for hydroxylation is 1. The van der Waals surface area contributed by atoms with Crippen molar-refractivity contribution >= 4 is 11.8 Å². The van der Waals surface area contributed by atoms with E-state index in [9.17, 15) is 0 Å². The van der Waals surface area contributed by atoms with Crippen molar-refractivity contribution in [1.82, 2.24) is 9.97 Å². The summed E-state index contributed by atoms with van der Waals surface area (Å²) in [6, 6.07) is 0. The molecule has 0 bridgehead atoms. The second-order valence-corrected chi connectivity index (χ2v) is 4.52. The van der Waals surface area contributed by atoms with Crippen molar-refractivity contribution < 1.29 is 0 Å². The Kier molecular flexibility index (Phi) is 6.41. The summed E-state index contributed by atoms with van der Waals surface area (Å²) in [5.74, 6) is 0. The van der Waals surface area contributed by atoms with Gasteiger partial charge in [0.25, 0.3) is 0 Å². The van der Waals surface area contributed by atoms with Gasteiger partial charge in [0.15, 0.2) is 5.16 Å². The van der Waals surface area contributed by atoms with Crippen LogP contribution in [-0.2, 0) is 6.42 Å². The van der Waals surface area contributed by atoms with Crippen molar-refractivity contribution in [1.29, 1.82) is 0 Å². The Bertz CT molecular complexity index is 259. The second kappa shape index (κ2) is 7.69. The highest BCUT2D eigenvalue weighted by Crippen LogP contribution is 2.10. The Morgan fingerprint density at radius 1 is 1.07 bits per heavy atom. The summed E-state index contributed by atoms with van der Waals surface area (Å²) in [5.41, 5.74) is 1.27. The van der Waals surface area contributed by atoms with E-state index in [1.807, 2.05) is 18.6 Å². The monoisotopic (exact) mass is 224 g/mol. The maximum Gasteiger partial charge on any atom is 0.187 e. The van der Waals surface area contributed by atoms with Gasteiger partial charge < -0.3 is 0 Å². The highest BCUT2D eigenvalue weighted by molar-refractivity contribution is 7.98. The predicted octanol–water partition coefficient (Wildman–Crippen LogP) is 3.71. The van der Waals surface area contributed by atoms with Gasteiger partial charge in [-0.05, 0) is 24.7 Å². The molecule has 0 saturated heterocycles. The summed E-state index contributed by atoms with van der Waals surface area (Å²) >= 11 is 1.59. The van der Waals surface area contributed by atoms with Gasteiger partial charge in [0.05, 0.1) is 0 Å². The van der Waals surface area contributed by atoms with Crippen LogP contribution in [0.15, 0.2) is 17.6 Å². The van der Waals surface area contributed by atoms with Gasteiger partial charge in [-0.2, -0.15) is 0 Å². The van der Waals surface area contributed by atoms with E-state index in [0.717, 1.165) is 11.6 Å². The first kappa shape index (κ1) is 12.5. The second-order valence-electron chi connectivity index (χ2n) is 3.74. The molecule has 0 aromatic carbocycles. The third kappa shape index (κ3) is 5.17. The number of thioether (sulfide) groups is 1. The van der Waals surface area contributed by atoms with Gasteiger partial charge in [0.2, 0.25) is 0 Å². The maximum atomic E-state index is 4.26. The molecular formula is C12H20N2S. The quantitative estimate of drug-likeness (QED) is 0.401. The molecule has 0 aliphatic carbocycles. The highest BCUT2D eigenvalue weighted by atomic mass is 32.2. The summed E-state index contributed by atoms with van der Waals surface area (Å²) < 4.78 is 0. The van der Waals surface area contributed by atoms with E-state index in [4.69, 9.17) is 0 Å². The smallest absolute Gasteiger partial charge is 0.187 e. The predicted molar refractivity (Wildman–Crippen MR) is 66.3 cm³/mol. The lowest BCUT2D eigenvalue weighted by Gasteiger charge is -2.01. The molecule has 0 saturated carbocycles. The average Bonchev–Trinajstić information content (AvgIpc) is 2.30. The fraction of sp³-hybridized carbons (Fsp3) is 0.667. The van der Waals surface area contributed by atoms with Crippen molar-refractivity contribution in [3.8, 4) is 0 Å². The summed E-state index contributed by atoms with van der Waals surface area (Å²) in [5, 5.41) is 0.865. The molecule has 1 heterocycles. The first-order valence-corrected chi connectivity index (χ1v) is 6.94. The van der Waals surface area contributed by atoms with Crippen LogP contribution in [0.1, 0.15) is 44.6 Å². The fourth-order valence-corrected chi connectivity index (χ4v) is 1.83. The molecule has 0 N–H and O–H groups in total. The normalized spacial score (nSPS) is 10.5. The van der Waals surface area contributed by atoms with Crippen LogP contribution in [-0.4, -0.2) is 16.2 Å². The number of unbranched alkanes of at least 4 members (excludes halogenated alkanes) is 4. The van der Waals surface area contributed by atoms with Gasteiger partial charge in [-0.3, -0.25) is 0 Å². The van der Waals surface area contributed by atoms with Crippen LogP contribution in [0.5, 0.6) is 0 Å². The first-order chi connectivity index (χ1) is 7.36. The van der Waals surface area contributed by atoms with Crippen LogP contribution in [0.2, 0.25) is 0 Å². The van der Waals surface area contributed by atoms with E-state index in [2.05, 4.69) is 16.9 Å². The van der Waals surface area contributed by atoms with Gasteiger partial charge in [-0.15, -0.1) is 0 Å². The zero-order valence-electron chi connectivity index (χ0n) is 9.70. The Hall–Kier alpha value is -0.570. The summed E-state index contributed by atoms with van der Waals surface area (Å²) in [4.78, 5) is 8.53. The third-order valence-electron chi connectivity index (χ3n) is 2.43. The molecule has 0 aliphatic heterocycles. The molecule has 0 amide bonds. The molecule has 0 spiro atoms. The largest absolute Gasteiger partial charge is 0.231 e.